The Balaban J connectivity index is 1.52. The van der Waals surface area contributed by atoms with Gasteiger partial charge in [-0.15, -0.1) is 0 Å². The number of thioether (sulfide) groups is 1. The molecule has 0 aromatic carbocycles. The molecular formula is C14H20N2O4S. The van der Waals surface area contributed by atoms with Gasteiger partial charge in [-0.1, -0.05) is 11.8 Å². The van der Waals surface area contributed by atoms with E-state index in [-0.39, 0.29) is 29.5 Å². The number of hydrogen-bond acceptors (Lipinski definition) is 4. The molecule has 0 aromatic heterocycles. The van der Waals surface area contributed by atoms with Gasteiger partial charge < -0.3 is 15.3 Å². The summed E-state index contributed by atoms with van der Waals surface area (Å²) in [6.45, 7) is 1.12. The predicted molar refractivity (Wildman–Crippen MR) is 77.9 cm³/mol. The summed E-state index contributed by atoms with van der Waals surface area (Å²) < 4.78 is 0. The Bertz CT molecular complexity index is 470. The smallest absolute Gasteiger partial charge is 0.308 e. The minimum absolute atomic E-state index is 0.0335. The average molecular weight is 312 g/mol. The lowest BCUT2D eigenvalue weighted by Gasteiger charge is -2.29. The molecule has 4 unspecified atom stereocenters. The third kappa shape index (κ3) is 2.88. The monoisotopic (exact) mass is 312 g/mol. The fraction of sp³-hybridized carbons (Fsp3) is 0.786. The number of carboxylic acid groups (broad SMARTS) is 1. The molecule has 21 heavy (non-hydrogen) atoms. The van der Waals surface area contributed by atoms with Crippen LogP contribution in [0.1, 0.15) is 25.7 Å². The molecule has 3 fully saturated rings. The van der Waals surface area contributed by atoms with Gasteiger partial charge in [-0.3, -0.25) is 14.4 Å². The highest BCUT2D eigenvalue weighted by atomic mass is 32.2. The third-order valence-corrected chi connectivity index (χ3v) is 5.87. The molecule has 0 spiro atoms. The molecule has 0 aromatic rings. The first-order valence-electron chi connectivity index (χ1n) is 7.50. The maximum Gasteiger partial charge on any atom is 0.308 e. The van der Waals surface area contributed by atoms with E-state index < -0.39 is 11.9 Å². The van der Waals surface area contributed by atoms with E-state index in [4.69, 9.17) is 0 Å². The van der Waals surface area contributed by atoms with Crippen molar-refractivity contribution >= 4 is 28.9 Å². The van der Waals surface area contributed by atoms with Gasteiger partial charge in [0.1, 0.15) is 0 Å². The van der Waals surface area contributed by atoms with Gasteiger partial charge in [-0.05, 0) is 31.1 Å². The van der Waals surface area contributed by atoms with Gasteiger partial charge in [-0.25, -0.2) is 0 Å². The first kappa shape index (κ1) is 14.7. The fourth-order valence-corrected chi connectivity index (χ4v) is 4.83. The Morgan fingerprint density at radius 1 is 1.33 bits per heavy atom. The minimum atomic E-state index is -0.793. The van der Waals surface area contributed by atoms with Crippen molar-refractivity contribution in [3.05, 3.63) is 0 Å². The van der Waals surface area contributed by atoms with Gasteiger partial charge in [-0.2, -0.15) is 0 Å². The summed E-state index contributed by atoms with van der Waals surface area (Å²) in [5.74, 6) is -0.0503. The van der Waals surface area contributed by atoms with Gasteiger partial charge in [0.05, 0.1) is 5.92 Å². The molecule has 7 heteroatoms. The van der Waals surface area contributed by atoms with Crippen molar-refractivity contribution in [1.29, 1.82) is 0 Å². The van der Waals surface area contributed by atoms with Crippen molar-refractivity contribution in [2.24, 2.45) is 17.8 Å². The van der Waals surface area contributed by atoms with Gasteiger partial charge in [0.2, 0.25) is 5.91 Å². The second kappa shape index (κ2) is 5.87. The van der Waals surface area contributed by atoms with Crippen LogP contribution in [0.4, 0.5) is 4.79 Å². The van der Waals surface area contributed by atoms with E-state index in [9.17, 15) is 19.5 Å². The van der Waals surface area contributed by atoms with Crippen molar-refractivity contribution in [3.63, 3.8) is 0 Å². The average Bonchev–Trinajstić information content (AvgIpc) is 3.12. The Morgan fingerprint density at radius 3 is 2.76 bits per heavy atom. The molecule has 4 atom stereocenters. The molecule has 2 bridgehead atoms. The normalized spacial score (nSPS) is 34.5. The molecule has 1 saturated heterocycles. The Kier molecular flexibility index (Phi) is 4.10. The predicted octanol–water partition coefficient (Wildman–Crippen LogP) is 1.16. The molecule has 1 heterocycles. The number of hydrogen-bond donors (Lipinski definition) is 2. The SMILES string of the molecule is O=C(CCN1CCSC1=O)NC1C2CCC(C2)C1C(=O)O. The van der Waals surface area contributed by atoms with Crippen molar-refractivity contribution in [2.45, 2.75) is 31.7 Å². The second-order valence-electron chi connectivity index (χ2n) is 6.14. The van der Waals surface area contributed by atoms with Crippen LogP contribution < -0.4 is 5.32 Å². The number of amides is 2. The minimum Gasteiger partial charge on any atom is -0.481 e. The summed E-state index contributed by atoms with van der Waals surface area (Å²) in [6, 6.07) is -0.225. The maximum atomic E-state index is 12.1. The van der Waals surface area contributed by atoms with Crippen LogP contribution in [0.15, 0.2) is 0 Å². The molecule has 0 radical (unpaired) electrons. The topological polar surface area (TPSA) is 86.7 Å². The quantitative estimate of drug-likeness (QED) is 0.795. The van der Waals surface area contributed by atoms with E-state index in [1.807, 2.05) is 0 Å². The van der Waals surface area contributed by atoms with Crippen LogP contribution in [-0.4, -0.2) is 52.0 Å². The highest BCUT2D eigenvalue weighted by molar-refractivity contribution is 8.13. The Labute approximate surface area is 127 Å². The number of nitrogens with one attached hydrogen (secondary N) is 1. The molecule has 6 nitrogen and oxygen atoms in total. The maximum absolute atomic E-state index is 12.1. The molecule has 2 N–H and O–H groups in total. The van der Waals surface area contributed by atoms with Crippen molar-refractivity contribution in [1.82, 2.24) is 10.2 Å². The van der Waals surface area contributed by atoms with Crippen molar-refractivity contribution < 1.29 is 19.5 Å². The first-order valence-corrected chi connectivity index (χ1v) is 8.48. The molecule has 2 amide bonds. The number of rotatable bonds is 5. The van der Waals surface area contributed by atoms with Crippen LogP contribution in [0.2, 0.25) is 0 Å². The van der Waals surface area contributed by atoms with E-state index >= 15 is 0 Å². The molecular weight excluding hydrogens is 292 g/mol. The number of carbonyl (C=O) groups excluding carboxylic acids is 2. The van der Waals surface area contributed by atoms with Crippen LogP contribution in [0.5, 0.6) is 0 Å². The van der Waals surface area contributed by atoms with Crippen molar-refractivity contribution in [2.75, 3.05) is 18.8 Å². The van der Waals surface area contributed by atoms with Crippen molar-refractivity contribution in [3.8, 4) is 0 Å². The molecule has 116 valence electrons. The van der Waals surface area contributed by atoms with Crippen LogP contribution in [0.3, 0.4) is 0 Å². The van der Waals surface area contributed by atoms with Crippen LogP contribution >= 0.6 is 11.8 Å². The zero-order valence-corrected chi connectivity index (χ0v) is 12.6. The molecule has 3 aliphatic rings. The van der Waals surface area contributed by atoms with Gasteiger partial charge >= 0.3 is 5.97 Å². The highest BCUT2D eigenvalue weighted by Gasteiger charge is 2.51. The number of carbonyl (C=O) groups is 3. The van der Waals surface area contributed by atoms with Gasteiger partial charge in [0.25, 0.3) is 5.24 Å². The summed E-state index contributed by atoms with van der Waals surface area (Å²) in [5.41, 5.74) is 0. The molecule has 1 aliphatic heterocycles. The second-order valence-corrected chi connectivity index (χ2v) is 7.19. The lowest BCUT2D eigenvalue weighted by Crippen LogP contribution is -2.47. The summed E-state index contributed by atoms with van der Waals surface area (Å²) in [4.78, 5) is 36.6. The van der Waals surface area contributed by atoms with Crippen LogP contribution in [-0.2, 0) is 9.59 Å². The fourth-order valence-electron chi connectivity index (χ4n) is 3.98. The Hall–Kier alpha value is -1.24. The highest BCUT2D eigenvalue weighted by Crippen LogP contribution is 2.48. The number of carboxylic acids is 1. The van der Waals surface area contributed by atoms with Gasteiger partial charge in [0, 0.05) is 31.3 Å². The van der Waals surface area contributed by atoms with Gasteiger partial charge in [0.15, 0.2) is 0 Å². The lowest BCUT2D eigenvalue weighted by molar-refractivity contribution is -0.144. The van der Waals surface area contributed by atoms with Crippen LogP contribution in [0.25, 0.3) is 0 Å². The molecule has 3 rings (SSSR count). The zero-order valence-electron chi connectivity index (χ0n) is 11.8. The standard InChI is InChI=1S/C14H20N2O4S/c17-10(3-4-16-5-6-21-14(16)20)15-12-9-2-1-8(7-9)11(12)13(18)19/h8-9,11-12H,1-7H2,(H,15,17)(H,18,19). The third-order valence-electron chi connectivity index (χ3n) is 4.98. The van der Waals surface area contributed by atoms with E-state index in [1.165, 1.54) is 11.8 Å². The summed E-state index contributed by atoms with van der Waals surface area (Å²) in [6.07, 6.45) is 3.16. The zero-order chi connectivity index (χ0) is 15.0. The van der Waals surface area contributed by atoms with E-state index in [1.54, 1.807) is 4.90 Å². The summed E-state index contributed by atoms with van der Waals surface area (Å²) in [5, 5.41) is 12.3. The Morgan fingerprint density at radius 2 is 2.10 bits per heavy atom. The van der Waals surface area contributed by atoms with E-state index in [0.29, 0.717) is 19.0 Å². The van der Waals surface area contributed by atoms with E-state index in [0.717, 1.165) is 25.0 Å². The summed E-state index contributed by atoms with van der Waals surface area (Å²) in [7, 11) is 0. The number of aliphatic carboxylic acids is 1. The van der Waals surface area contributed by atoms with E-state index in [2.05, 4.69) is 5.32 Å². The number of nitrogens with zero attached hydrogens (tertiary/aromatic N) is 1. The largest absolute Gasteiger partial charge is 0.481 e. The summed E-state index contributed by atoms with van der Waals surface area (Å²) >= 11 is 1.28. The molecule has 2 saturated carbocycles. The lowest BCUT2D eigenvalue weighted by atomic mass is 9.84. The first-order chi connectivity index (χ1) is 10.1. The molecule has 2 aliphatic carbocycles. The number of fused-ring (bicyclic) bond motifs is 2. The van der Waals surface area contributed by atoms with Crippen LogP contribution in [0, 0.1) is 17.8 Å².